The first-order valence-electron chi connectivity index (χ1n) is 4.17. The molecule has 4 heteroatoms. The van der Waals surface area contributed by atoms with Gasteiger partial charge in [-0.05, 0) is 14.0 Å². The zero-order valence-corrected chi connectivity index (χ0v) is 7.83. The van der Waals surface area contributed by atoms with Crippen molar-refractivity contribution in [1.82, 2.24) is 10.2 Å². The Kier molecular flexibility index (Phi) is 3.05. The van der Waals surface area contributed by atoms with E-state index in [-0.39, 0.29) is 12.0 Å². The number of esters is 1. The van der Waals surface area contributed by atoms with E-state index in [1.165, 1.54) is 7.11 Å². The average Bonchev–Trinajstić information content (AvgIpc) is 1.98. The Morgan fingerprint density at radius 3 is 2.58 bits per heavy atom. The molecule has 0 aromatic carbocycles. The lowest BCUT2D eigenvalue weighted by Crippen LogP contribution is -2.59. The largest absolute Gasteiger partial charge is 0.468 e. The van der Waals surface area contributed by atoms with Crippen molar-refractivity contribution in [1.29, 1.82) is 0 Å². The van der Waals surface area contributed by atoms with Gasteiger partial charge in [0.15, 0.2) is 0 Å². The van der Waals surface area contributed by atoms with Crippen molar-refractivity contribution in [3.63, 3.8) is 0 Å². The zero-order valence-electron chi connectivity index (χ0n) is 7.83. The maximum Gasteiger partial charge on any atom is 0.322 e. The molecule has 1 heterocycles. The van der Waals surface area contributed by atoms with Crippen LogP contribution in [-0.4, -0.2) is 50.2 Å². The highest BCUT2D eigenvalue weighted by atomic mass is 16.5. The molecule has 1 atom stereocenters. The maximum atomic E-state index is 11.1. The van der Waals surface area contributed by atoms with Crippen LogP contribution in [0.5, 0.6) is 0 Å². The van der Waals surface area contributed by atoms with Gasteiger partial charge in [0.05, 0.1) is 7.11 Å². The molecule has 1 unspecified atom stereocenters. The van der Waals surface area contributed by atoms with Gasteiger partial charge < -0.3 is 10.1 Å². The number of hydrogen-bond acceptors (Lipinski definition) is 4. The second-order valence-corrected chi connectivity index (χ2v) is 3.18. The SMILES string of the molecule is COC(=O)C(C)N(C)C1CNC1. The summed E-state index contributed by atoms with van der Waals surface area (Å²) in [4.78, 5) is 13.2. The van der Waals surface area contributed by atoms with E-state index in [4.69, 9.17) is 0 Å². The molecule has 1 aliphatic heterocycles. The molecule has 70 valence electrons. The van der Waals surface area contributed by atoms with Crippen LogP contribution in [-0.2, 0) is 9.53 Å². The lowest BCUT2D eigenvalue weighted by atomic mass is 10.1. The molecule has 1 rings (SSSR count). The first kappa shape index (κ1) is 9.48. The fourth-order valence-electron chi connectivity index (χ4n) is 1.21. The van der Waals surface area contributed by atoms with Gasteiger partial charge in [-0.3, -0.25) is 9.69 Å². The molecule has 0 saturated carbocycles. The average molecular weight is 172 g/mol. The van der Waals surface area contributed by atoms with Crippen LogP contribution in [0.1, 0.15) is 6.92 Å². The molecule has 0 aliphatic carbocycles. The number of ether oxygens (including phenoxy) is 1. The summed E-state index contributed by atoms with van der Waals surface area (Å²) >= 11 is 0. The summed E-state index contributed by atoms with van der Waals surface area (Å²) in [5.41, 5.74) is 0. The number of rotatable bonds is 3. The van der Waals surface area contributed by atoms with Crippen molar-refractivity contribution in [2.75, 3.05) is 27.2 Å². The van der Waals surface area contributed by atoms with Crippen LogP contribution in [0.15, 0.2) is 0 Å². The lowest BCUT2D eigenvalue weighted by molar-refractivity contribution is -0.147. The normalized spacial score (nSPS) is 20.3. The fraction of sp³-hybridized carbons (Fsp3) is 0.875. The molecular weight excluding hydrogens is 156 g/mol. The fourth-order valence-corrected chi connectivity index (χ4v) is 1.21. The Labute approximate surface area is 72.9 Å². The summed E-state index contributed by atoms with van der Waals surface area (Å²) in [6.07, 6.45) is 0. The van der Waals surface area contributed by atoms with Crippen molar-refractivity contribution in [2.45, 2.75) is 19.0 Å². The molecule has 0 aromatic rings. The van der Waals surface area contributed by atoms with E-state index in [9.17, 15) is 4.79 Å². The summed E-state index contributed by atoms with van der Waals surface area (Å²) in [6, 6.07) is 0.348. The standard InChI is InChI=1S/C8H16N2O2/c1-6(8(11)12-3)10(2)7-4-9-5-7/h6-7,9H,4-5H2,1-3H3. The minimum atomic E-state index is -0.163. The van der Waals surface area contributed by atoms with Crippen LogP contribution >= 0.6 is 0 Å². The van der Waals surface area contributed by atoms with Gasteiger partial charge in [0.2, 0.25) is 0 Å². The predicted octanol–water partition coefficient (Wildman–Crippen LogP) is -0.548. The van der Waals surface area contributed by atoms with E-state index >= 15 is 0 Å². The molecule has 0 radical (unpaired) electrons. The van der Waals surface area contributed by atoms with Gasteiger partial charge in [0.25, 0.3) is 0 Å². The van der Waals surface area contributed by atoms with Crippen molar-refractivity contribution in [3.8, 4) is 0 Å². The summed E-state index contributed by atoms with van der Waals surface area (Å²) in [6.45, 7) is 3.81. The van der Waals surface area contributed by atoms with Crippen LogP contribution in [0.25, 0.3) is 0 Å². The Morgan fingerprint density at radius 1 is 1.67 bits per heavy atom. The van der Waals surface area contributed by atoms with E-state index in [0.29, 0.717) is 6.04 Å². The molecule has 0 spiro atoms. The van der Waals surface area contributed by atoms with E-state index in [2.05, 4.69) is 10.1 Å². The number of nitrogens with one attached hydrogen (secondary N) is 1. The Morgan fingerprint density at radius 2 is 2.25 bits per heavy atom. The van der Waals surface area contributed by atoms with Gasteiger partial charge in [0.1, 0.15) is 6.04 Å². The highest BCUT2D eigenvalue weighted by Gasteiger charge is 2.28. The van der Waals surface area contributed by atoms with E-state index in [0.717, 1.165) is 13.1 Å². The van der Waals surface area contributed by atoms with Gasteiger partial charge in [-0.1, -0.05) is 0 Å². The molecule has 12 heavy (non-hydrogen) atoms. The third-order valence-electron chi connectivity index (χ3n) is 2.49. The second-order valence-electron chi connectivity index (χ2n) is 3.18. The molecule has 0 bridgehead atoms. The highest BCUT2D eigenvalue weighted by Crippen LogP contribution is 2.07. The van der Waals surface area contributed by atoms with Gasteiger partial charge in [0, 0.05) is 19.1 Å². The smallest absolute Gasteiger partial charge is 0.322 e. The van der Waals surface area contributed by atoms with E-state index < -0.39 is 0 Å². The van der Waals surface area contributed by atoms with Crippen LogP contribution in [0.4, 0.5) is 0 Å². The number of carbonyl (C=O) groups excluding carboxylic acids is 1. The third-order valence-corrected chi connectivity index (χ3v) is 2.49. The molecular formula is C8H16N2O2. The monoisotopic (exact) mass is 172 g/mol. The predicted molar refractivity (Wildman–Crippen MR) is 45.9 cm³/mol. The Hall–Kier alpha value is -0.610. The first-order chi connectivity index (χ1) is 5.66. The summed E-state index contributed by atoms with van der Waals surface area (Å²) < 4.78 is 4.65. The van der Waals surface area contributed by atoms with Crippen LogP contribution < -0.4 is 5.32 Å². The Balaban J connectivity index is 2.39. The second kappa shape index (κ2) is 3.87. The first-order valence-corrected chi connectivity index (χ1v) is 4.17. The van der Waals surface area contributed by atoms with E-state index in [1.807, 2.05) is 18.9 Å². The van der Waals surface area contributed by atoms with Crippen molar-refractivity contribution >= 4 is 5.97 Å². The quantitative estimate of drug-likeness (QED) is 0.580. The van der Waals surface area contributed by atoms with Crippen LogP contribution in [0.2, 0.25) is 0 Å². The van der Waals surface area contributed by atoms with Crippen molar-refractivity contribution < 1.29 is 9.53 Å². The summed E-state index contributed by atoms with van der Waals surface area (Å²) in [5, 5.41) is 3.16. The third kappa shape index (κ3) is 1.76. The number of carbonyl (C=O) groups is 1. The Bertz CT molecular complexity index is 168. The molecule has 1 aliphatic rings. The number of likely N-dealkylation sites (N-methyl/N-ethyl adjacent to an activating group) is 1. The van der Waals surface area contributed by atoms with Gasteiger partial charge in [-0.2, -0.15) is 0 Å². The lowest BCUT2D eigenvalue weighted by Gasteiger charge is -2.38. The van der Waals surface area contributed by atoms with Crippen LogP contribution in [0, 0.1) is 0 Å². The summed E-state index contributed by atoms with van der Waals surface area (Å²) in [5.74, 6) is -0.163. The summed E-state index contributed by atoms with van der Waals surface area (Å²) in [7, 11) is 3.37. The minimum absolute atomic E-state index is 0.137. The number of nitrogens with zero attached hydrogens (tertiary/aromatic N) is 1. The van der Waals surface area contributed by atoms with E-state index in [1.54, 1.807) is 0 Å². The molecule has 1 saturated heterocycles. The van der Waals surface area contributed by atoms with Gasteiger partial charge in [-0.25, -0.2) is 0 Å². The molecule has 0 amide bonds. The number of hydrogen-bond donors (Lipinski definition) is 1. The minimum Gasteiger partial charge on any atom is -0.468 e. The molecule has 4 nitrogen and oxygen atoms in total. The molecule has 0 aromatic heterocycles. The zero-order chi connectivity index (χ0) is 9.14. The molecule has 1 fully saturated rings. The maximum absolute atomic E-state index is 11.1. The van der Waals surface area contributed by atoms with Crippen LogP contribution in [0.3, 0.4) is 0 Å². The van der Waals surface area contributed by atoms with Gasteiger partial charge >= 0.3 is 5.97 Å². The molecule has 1 N–H and O–H groups in total. The van der Waals surface area contributed by atoms with Gasteiger partial charge in [-0.15, -0.1) is 0 Å². The highest BCUT2D eigenvalue weighted by molar-refractivity contribution is 5.75. The number of methoxy groups -OCH3 is 1. The topological polar surface area (TPSA) is 41.6 Å². The van der Waals surface area contributed by atoms with Crippen molar-refractivity contribution in [2.24, 2.45) is 0 Å². The van der Waals surface area contributed by atoms with Crippen molar-refractivity contribution in [3.05, 3.63) is 0 Å².